The summed E-state index contributed by atoms with van der Waals surface area (Å²) in [6, 6.07) is 10.4. The summed E-state index contributed by atoms with van der Waals surface area (Å²) in [5.74, 6) is 1.23. The lowest BCUT2D eigenvalue weighted by Crippen LogP contribution is -2.53. The van der Waals surface area contributed by atoms with Crippen LogP contribution in [0.4, 0.5) is 5.95 Å². The number of nitrogens with one attached hydrogen (secondary N) is 1. The van der Waals surface area contributed by atoms with Gasteiger partial charge in [0.15, 0.2) is 11.2 Å². The zero-order valence-corrected chi connectivity index (χ0v) is 17.4. The van der Waals surface area contributed by atoms with Crippen molar-refractivity contribution in [2.45, 2.75) is 26.4 Å². The topological polar surface area (TPSA) is 77.1 Å². The number of benzene rings is 1. The van der Waals surface area contributed by atoms with Gasteiger partial charge in [-0.15, -0.1) is 0 Å². The van der Waals surface area contributed by atoms with E-state index >= 15 is 0 Å². The normalized spacial score (nSPS) is 17.4. The predicted molar refractivity (Wildman–Crippen MR) is 115 cm³/mol. The van der Waals surface area contributed by atoms with Crippen molar-refractivity contribution in [3.05, 3.63) is 56.7 Å². The van der Waals surface area contributed by atoms with Gasteiger partial charge in [-0.1, -0.05) is 44.2 Å². The highest BCUT2D eigenvalue weighted by molar-refractivity contribution is 5.75. The van der Waals surface area contributed by atoms with Gasteiger partial charge in [-0.3, -0.25) is 18.5 Å². The molecule has 3 heterocycles. The minimum absolute atomic E-state index is 0.312. The number of hydrogen-bond donors (Lipinski definition) is 1. The molecule has 4 rings (SSSR count). The number of imidazole rings is 1. The molecule has 0 bridgehead atoms. The Bertz CT molecular complexity index is 1140. The molecule has 0 spiro atoms. The standard InChI is InChI=1S/C21H28N6O2/c1-14(2)16-13-26(11-10-22-16)20-23-18-17(19(28)25(4)21(29)24(18)3)27(20)12-15-8-6-5-7-9-15/h5-9,14,16,22H,10-13H2,1-4H3/t16-/m1/s1. The molecule has 8 nitrogen and oxygen atoms in total. The number of rotatable bonds is 4. The number of anilines is 1. The Morgan fingerprint density at radius 1 is 1.14 bits per heavy atom. The SMILES string of the molecule is CC(C)[C@H]1CN(c2nc3c(c(=O)n(C)c(=O)n3C)n2Cc2ccccc2)CCN1. The third-order valence-corrected chi connectivity index (χ3v) is 5.80. The van der Waals surface area contributed by atoms with Crippen molar-refractivity contribution >= 4 is 17.1 Å². The third kappa shape index (κ3) is 3.37. The summed E-state index contributed by atoms with van der Waals surface area (Å²) < 4.78 is 4.59. The molecule has 1 N–H and O–H groups in total. The number of piperazine rings is 1. The summed E-state index contributed by atoms with van der Waals surface area (Å²) >= 11 is 0. The van der Waals surface area contributed by atoms with Gasteiger partial charge in [0.1, 0.15) is 0 Å². The van der Waals surface area contributed by atoms with E-state index in [1.807, 2.05) is 34.9 Å². The smallest absolute Gasteiger partial charge is 0.332 e. The van der Waals surface area contributed by atoms with Crippen molar-refractivity contribution in [3.63, 3.8) is 0 Å². The summed E-state index contributed by atoms with van der Waals surface area (Å²) in [5.41, 5.74) is 1.31. The second-order valence-electron chi connectivity index (χ2n) is 8.11. The molecule has 0 amide bonds. The van der Waals surface area contributed by atoms with E-state index in [0.717, 1.165) is 35.7 Å². The number of nitrogens with zero attached hydrogens (tertiary/aromatic N) is 5. The van der Waals surface area contributed by atoms with Gasteiger partial charge in [0.25, 0.3) is 5.56 Å². The van der Waals surface area contributed by atoms with Crippen LogP contribution in [0.2, 0.25) is 0 Å². The molecule has 1 fully saturated rings. The fraction of sp³-hybridized carbons (Fsp3) is 0.476. The van der Waals surface area contributed by atoms with E-state index in [1.165, 1.54) is 11.6 Å². The van der Waals surface area contributed by atoms with Crippen LogP contribution in [0.1, 0.15) is 19.4 Å². The molecule has 0 radical (unpaired) electrons. The van der Waals surface area contributed by atoms with Crippen molar-refractivity contribution in [2.75, 3.05) is 24.5 Å². The van der Waals surface area contributed by atoms with E-state index in [0.29, 0.717) is 29.7 Å². The molecule has 2 aromatic heterocycles. The summed E-state index contributed by atoms with van der Waals surface area (Å²) in [7, 11) is 3.19. The lowest BCUT2D eigenvalue weighted by molar-refractivity contribution is 0.365. The van der Waals surface area contributed by atoms with E-state index in [1.54, 1.807) is 7.05 Å². The molecule has 1 aliphatic rings. The Balaban J connectivity index is 1.92. The maximum absolute atomic E-state index is 13.0. The van der Waals surface area contributed by atoms with Gasteiger partial charge < -0.3 is 10.2 Å². The van der Waals surface area contributed by atoms with E-state index in [9.17, 15) is 9.59 Å². The van der Waals surface area contributed by atoms with Crippen LogP contribution in [0.25, 0.3) is 11.2 Å². The van der Waals surface area contributed by atoms with Gasteiger partial charge in [0.05, 0.1) is 6.54 Å². The summed E-state index contributed by atoms with van der Waals surface area (Å²) in [6.45, 7) is 7.39. The van der Waals surface area contributed by atoms with Gasteiger partial charge in [-0.25, -0.2) is 4.79 Å². The number of hydrogen-bond acceptors (Lipinski definition) is 5. The maximum atomic E-state index is 13.0. The second kappa shape index (κ2) is 7.51. The Labute approximate surface area is 169 Å². The Kier molecular flexibility index (Phi) is 5.04. The number of fused-ring (bicyclic) bond motifs is 1. The van der Waals surface area contributed by atoms with Gasteiger partial charge >= 0.3 is 5.69 Å². The quantitative estimate of drug-likeness (QED) is 0.710. The summed E-state index contributed by atoms with van der Waals surface area (Å²) in [4.78, 5) is 32.5. The monoisotopic (exact) mass is 396 g/mol. The Morgan fingerprint density at radius 2 is 1.86 bits per heavy atom. The molecular formula is C21H28N6O2. The molecule has 3 aromatic rings. The number of aromatic nitrogens is 4. The molecule has 0 unspecified atom stereocenters. The van der Waals surface area contributed by atoms with Gasteiger partial charge in [0, 0.05) is 39.8 Å². The van der Waals surface area contributed by atoms with Crippen LogP contribution >= 0.6 is 0 Å². The van der Waals surface area contributed by atoms with Crippen LogP contribution in [0, 0.1) is 5.92 Å². The van der Waals surface area contributed by atoms with Crippen LogP contribution in [0.15, 0.2) is 39.9 Å². The second-order valence-corrected chi connectivity index (χ2v) is 8.11. The van der Waals surface area contributed by atoms with Gasteiger partial charge in [-0.05, 0) is 11.5 Å². The molecular weight excluding hydrogens is 368 g/mol. The highest BCUT2D eigenvalue weighted by Crippen LogP contribution is 2.23. The fourth-order valence-corrected chi connectivity index (χ4v) is 4.00. The highest BCUT2D eigenvalue weighted by Gasteiger charge is 2.27. The molecule has 1 atom stereocenters. The van der Waals surface area contributed by atoms with E-state index in [4.69, 9.17) is 4.98 Å². The van der Waals surface area contributed by atoms with E-state index in [2.05, 4.69) is 24.1 Å². The van der Waals surface area contributed by atoms with Crippen LogP contribution in [0.3, 0.4) is 0 Å². The van der Waals surface area contributed by atoms with Crippen molar-refractivity contribution in [1.29, 1.82) is 0 Å². The molecule has 0 saturated carbocycles. The zero-order valence-electron chi connectivity index (χ0n) is 17.4. The van der Waals surface area contributed by atoms with E-state index in [-0.39, 0.29) is 11.2 Å². The summed E-state index contributed by atoms with van der Waals surface area (Å²) in [6.07, 6.45) is 0. The molecule has 1 aliphatic heterocycles. The lowest BCUT2D eigenvalue weighted by atomic mass is 10.0. The van der Waals surface area contributed by atoms with Crippen molar-refractivity contribution in [2.24, 2.45) is 20.0 Å². The van der Waals surface area contributed by atoms with Crippen molar-refractivity contribution < 1.29 is 0 Å². The molecule has 8 heteroatoms. The van der Waals surface area contributed by atoms with E-state index < -0.39 is 0 Å². The fourth-order valence-electron chi connectivity index (χ4n) is 4.00. The highest BCUT2D eigenvalue weighted by atomic mass is 16.2. The summed E-state index contributed by atoms with van der Waals surface area (Å²) in [5, 5.41) is 3.56. The minimum Gasteiger partial charge on any atom is -0.339 e. The largest absolute Gasteiger partial charge is 0.339 e. The van der Waals surface area contributed by atoms with Gasteiger partial charge in [-0.2, -0.15) is 4.98 Å². The number of aryl methyl sites for hydroxylation is 1. The van der Waals surface area contributed by atoms with Gasteiger partial charge in [0.2, 0.25) is 5.95 Å². The first-order valence-electron chi connectivity index (χ1n) is 10.1. The zero-order chi connectivity index (χ0) is 20.7. The average molecular weight is 396 g/mol. The molecule has 29 heavy (non-hydrogen) atoms. The Hall–Kier alpha value is -2.87. The van der Waals surface area contributed by atoms with Crippen LogP contribution in [-0.4, -0.2) is 44.4 Å². The Morgan fingerprint density at radius 3 is 2.55 bits per heavy atom. The first-order valence-corrected chi connectivity index (χ1v) is 10.1. The lowest BCUT2D eigenvalue weighted by Gasteiger charge is -2.36. The van der Waals surface area contributed by atoms with Crippen molar-refractivity contribution in [1.82, 2.24) is 24.0 Å². The first kappa shape index (κ1) is 19.4. The maximum Gasteiger partial charge on any atom is 0.332 e. The van der Waals surface area contributed by atoms with Crippen molar-refractivity contribution in [3.8, 4) is 0 Å². The molecule has 1 saturated heterocycles. The molecule has 154 valence electrons. The minimum atomic E-state index is -0.362. The van der Waals surface area contributed by atoms with Crippen LogP contribution in [0.5, 0.6) is 0 Å². The molecule has 0 aliphatic carbocycles. The third-order valence-electron chi connectivity index (χ3n) is 5.80. The predicted octanol–water partition coefficient (Wildman–Crippen LogP) is 0.916. The average Bonchev–Trinajstić information content (AvgIpc) is 3.11. The van der Waals surface area contributed by atoms with Crippen LogP contribution in [-0.2, 0) is 20.6 Å². The van der Waals surface area contributed by atoms with Crippen LogP contribution < -0.4 is 21.5 Å². The first-order chi connectivity index (χ1) is 13.9. The molecule has 1 aromatic carbocycles.